The Kier molecular flexibility index (Phi) is 10.00. The number of hydrogen-bond acceptors (Lipinski definition) is 3. The maximum atomic E-state index is 7.18. The fourth-order valence-corrected chi connectivity index (χ4v) is 10.7. The van der Waals surface area contributed by atoms with Crippen molar-refractivity contribution < 1.29 is 4.42 Å². The van der Waals surface area contributed by atoms with Crippen LogP contribution in [0.15, 0.2) is 211 Å². The molecule has 0 unspecified atom stereocenters. The van der Waals surface area contributed by atoms with Crippen LogP contribution >= 0.6 is 0 Å². The van der Waals surface area contributed by atoms with Crippen molar-refractivity contribution in [1.82, 2.24) is 0 Å². The van der Waals surface area contributed by atoms with E-state index < -0.39 is 5.41 Å². The van der Waals surface area contributed by atoms with Gasteiger partial charge in [-0.1, -0.05) is 169 Å². The normalized spacial score (nSPS) is 13.6. The lowest BCUT2D eigenvalue weighted by Gasteiger charge is -2.42. The lowest BCUT2D eigenvalue weighted by Crippen LogP contribution is -2.33. The van der Waals surface area contributed by atoms with Gasteiger partial charge in [0, 0.05) is 56.4 Å². The van der Waals surface area contributed by atoms with Crippen LogP contribution in [0.4, 0.5) is 34.1 Å². The van der Waals surface area contributed by atoms with E-state index in [9.17, 15) is 0 Å². The van der Waals surface area contributed by atoms with E-state index >= 15 is 0 Å². The first-order valence-electron chi connectivity index (χ1n) is 23.5. The Morgan fingerprint density at radius 1 is 0.409 bits per heavy atom. The molecule has 0 N–H and O–H groups in total. The molecule has 0 saturated heterocycles. The van der Waals surface area contributed by atoms with Gasteiger partial charge in [-0.2, -0.15) is 0 Å². The highest BCUT2D eigenvalue weighted by Crippen LogP contribution is 2.55. The second-order valence-electron chi connectivity index (χ2n) is 20.1. The quantitative estimate of drug-likeness (QED) is 0.152. The first kappa shape index (κ1) is 41.4. The third-order valence-corrected chi connectivity index (χ3v) is 14.1. The van der Waals surface area contributed by atoms with Crippen LogP contribution in [0.2, 0.25) is 0 Å². The van der Waals surface area contributed by atoms with Crippen molar-refractivity contribution in [1.29, 1.82) is 0 Å². The lowest BCUT2D eigenvalue weighted by molar-refractivity contribution is 0.551. The summed E-state index contributed by atoms with van der Waals surface area (Å²) in [5, 5.41) is 4.80. The molecular weight excluding hydrogens is 801 g/mol. The monoisotopic (exact) mass is 856 g/mol. The first-order valence-corrected chi connectivity index (χ1v) is 23.5. The third kappa shape index (κ3) is 6.97. The molecule has 0 radical (unpaired) electrons. The van der Waals surface area contributed by atoms with Crippen LogP contribution in [0, 0.1) is 0 Å². The summed E-state index contributed by atoms with van der Waals surface area (Å²) in [6.45, 7) is 13.6. The molecule has 0 fully saturated rings. The van der Waals surface area contributed by atoms with Crippen molar-refractivity contribution in [2.75, 3.05) is 9.80 Å². The van der Waals surface area contributed by atoms with Gasteiger partial charge in [0.15, 0.2) is 0 Å². The smallest absolute Gasteiger partial charge is 0.137 e. The van der Waals surface area contributed by atoms with Gasteiger partial charge in [0.2, 0.25) is 0 Å². The highest BCUT2D eigenvalue weighted by atomic mass is 16.3. The van der Waals surface area contributed by atoms with Crippen molar-refractivity contribution in [3.63, 3.8) is 0 Å². The molecule has 66 heavy (non-hydrogen) atoms. The molecule has 0 spiro atoms. The van der Waals surface area contributed by atoms with Crippen molar-refractivity contribution in [3.8, 4) is 0 Å². The van der Waals surface area contributed by atoms with Crippen LogP contribution in [-0.2, 0) is 22.7 Å². The van der Waals surface area contributed by atoms with Gasteiger partial charge in [-0.15, -0.1) is 0 Å². The minimum atomic E-state index is -0.417. The van der Waals surface area contributed by atoms with Gasteiger partial charge in [-0.05, 0) is 141 Å². The second-order valence-corrected chi connectivity index (χ2v) is 20.1. The number of aryl methyl sites for hydroxylation is 1. The maximum absolute atomic E-state index is 7.18. The van der Waals surface area contributed by atoms with Crippen molar-refractivity contribution in [3.05, 3.63) is 240 Å². The Hall–Kier alpha value is -7.36. The Bertz CT molecular complexity index is 3300. The van der Waals surface area contributed by atoms with E-state index in [0.29, 0.717) is 0 Å². The predicted octanol–water partition coefficient (Wildman–Crippen LogP) is 17.6. The molecule has 0 amide bonds. The zero-order valence-electron chi connectivity index (χ0n) is 38.8. The van der Waals surface area contributed by atoms with Gasteiger partial charge in [0.25, 0.3) is 0 Å². The predicted molar refractivity (Wildman–Crippen MR) is 279 cm³/mol. The fourth-order valence-electron chi connectivity index (χ4n) is 10.7. The summed E-state index contributed by atoms with van der Waals surface area (Å²) in [4.78, 5) is 4.81. The Morgan fingerprint density at radius 3 is 1.39 bits per heavy atom. The summed E-state index contributed by atoms with van der Waals surface area (Å²) in [6.07, 6.45) is 1.79. The summed E-state index contributed by atoms with van der Waals surface area (Å²) in [5.41, 5.74) is 16.1. The number of nitrogens with zero attached hydrogens (tertiary/aromatic N) is 2. The van der Waals surface area contributed by atoms with E-state index in [1.807, 2.05) is 0 Å². The fraction of sp³-hybridized carbons (Fsp3) is 0.175. The number of furan rings is 1. The molecule has 0 atom stereocenters. The molecule has 1 aromatic heterocycles. The molecule has 0 aliphatic heterocycles. The van der Waals surface area contributed by atoms with Crippen LogP contribution in [-0.4, -0.2) is 0 Å². The number of fused-ring (bicyclic) bond motifs is 4. The molecule has 3 heteroatoms. The largest absolute Gasteiger partial charge is 0.456 e. The molecule has 9 aromatic carbocycles. The van der Waals surface area contributed by atoms with Gasteiger partial charge < -0.3 is 14.2 Å². The van der Waals surface area contributed by atoms with Gasteiger partial charge in [0.1, 0.15) is 11.2 Å². The Morgan fingerprint density at radius 2 is 0.864 bits per heavy atom. The van der Waals surface area contributed by atoms with Crippen LogP contribution < -0.4 is 9.80 Å². The van der Waals surface area contributed by atoms with Gasteiger partial charge in [-0.25, -0.2) is 0 Å². The van der Waals surface area contributed by atoms with Crippen LogP contribution in [0.5, 0.6) is 0 Å². The van der Waals surface area contributed by atoms with Gasteiger partial charge in [-0.3, -0.25) is 0 Å². The van der Waals surface area contributed by atoms with Crippen molar-refractivity contribution in [2.45, 2.75) is 70.6 Å². The molecule has 1 aliphatic rings. The van der Waals surface area contributed by atoms with Crippen LogP contribution in [0.25, 0.3) is 32.7 Å². The zero-order valence-corrected chi connectivity index (χ0v) is 38.8. The average molecular weight is 857 g/mol. The van der Waals surface area contributed by atoms with E-state index in [-0.39, 0.29) is 10.8 Å². The number of anilines is 6. The molecular formula is C63H56N2O. The van der Waals surface area contributed by atoms with Crippen LogP contribution in [0.3, 0.4) is 0 Å². The average Bonchev–Trinajstić information content (AvgIpc) is 3.71. The van der Waals surface area contributed by atoms with Gasteiger partial charge >= 0.3 is 0 Å². The molecule has 10 aromatic rings. The third-order valence-electron chi connectivity index (χ3n) is 14.1. The second kappa shape index (κ2) is 16.0. The maximum Gasteiger partial charge on any atom is 0.137 e. The SMILES string of the molecule is CC(C)(C)c1ccc(N(c2ccccc2)c2ccc3c(c2)oc2cc4c5c(c(N(c6ccccc6)c6ccc(C(C)(C)C)cc6)ccc5c23)CCC4(c2ccccc2)c2ccccc2)cc1. The summed E-state index contributed by atoms with van der Waals surface area (Å²) in [6, 6.07) is 76.0. The highest BCUT2D eigenvalue weighted by Gasteiger charge is 2.42. The minimum Gasteiger partial charge on any atom is -0.456 e. The number of benzene rings is 9. The standard InChI is InChI=1S/C63H56N2O/c1-61(2,3)43-27-31-49(32-28-43)64(47-23-15-9-16-24-47)51-35-36-53-57(41-51)66-58-42-55-59-52(39-40-63(55,45-19-11-7-12-20-45)46-21-13-8-14-22-46)56(38-37-54(59)60(53)58)65(48-25-17-10-18-26-48)50-33-29-44(30-34-50)62(4,5)6/h7-38,41-42H,39-40H2,1-6H3. The lowest BCUT2D eigenvalue weighted by atomic mass is 9.62. The summed E-state index contributed by atoms with van der Waals surface area (Å²) < 4.78 is 7.18. The molecule has 1 aliphatic carbocycles. The topological polar surface area (TPSA) is 19.6 Å². The summed E-state index contributed by atoms with van der Waals surface area (Å²) in [7, 11) is 0. The number of rotatable bonds is 8. The first-order chi connectivity index (χ1) is 32.0. The van der Waals surface area contributed by atoms with E-state index in [1.54, 1.807) is 0 Å². The molecule has 0 bridgehead atoms. The van der Waals surface area contributed by atoms with E-state index in [1.165, 1.54) is 49.8 Å². The van der Waals surface area contributed by atoms with E-state index in [2.05, 4.69) is 258 Å². The molecule has 324 valence electrons. The highest BCUT2D eigenvalue weighted by molar-refractivity contribution is 6.22. The molecule has 11 rings (SSSR count). The number of para-hydroxylation sites is 2. The Labute approximate surface area is 389 Å². The zero-order chi connectivity index (χ0) is 45.2. The minimum absolute atomic E-state index is 0.0508. The summed E-state index contributed by atoms with van der Waals surface area (Å²) >= 11 is 0. The van der Waals surface area contributed by atoms with E-state index in [4.69, 9.17) is 4.42 Å². The van der Waals surface area contributed by atoms with Crippen LogP contribution in [0.1, 0.15) is 81.3 Å². The molecule has 3 nitrogen and oxygen atoms in total. The Balaban J connectivity index is 1.18. The van der Waals surface area contributed by atoms with Gasteiger partial charge in [0.05, 0.1) is 0 Å². The summed E-state index contributed by atoms with van der Waals surface area (Å²) in [5.74, 6) is 0. The molecule has 0 saturated carbocycles. The van der Waals surface area contributed by atoms with Crippen molar-refractivity contribution in [2.24, 2.45) is 0 Å². The van der Waals surface area contributed by atoms with Crippen molar-refractivity contribution >= 4 is 66.8 Å². The number of hydrogen-bond donors (Lipinski definition) is 0. The molecule has 1 heterocycles. The van der Waals surface area contributed by atoms with E-state index in [0.717, 1.165) is 63.2 Å².